The van der Waals surface area contributed by atoms with Crippen molar-refractivity contribution in [2.45, 2.75) is 27.7 Å². The summed E-state index contributed by atoms with van der Waals surface area (Å²) in [6.45, 7) is 8.80. The van der Waals surface area contributed by atoms with Gasteiger partial charge in [0.05, 0.1) is 0 Å². The Kier molecular flexibility index (Phi) is 10.4. The van der Waals surface area contributed by atoms with Gasteiger partial charge in [0, 0.05) is 34.1 Å². The van der Waals surface area contributed by atoms with Gasteiger partial charge >= 0.3 is 0 Å². The fourth-order valence-electron chi connectivity index (χ4n) is 11.6. The number of benzene rings is 13. The first-order chi connectivity index (χ1) is 35.3. The molecule has 0 N–H and O–H groups in total. The van der Waals surface area contributed by atoms with E-state index in [1.807, 2.05) is 0 Å². The van der Waals surface area contributed by atoms with Crippen molar-refractivity contribution in [3.63, 3.8) is 0 Å². The average Bonchev–Trinajstić information content (AvgIpc) is 3.41. The van der Waals surface area contributed by atoms with Crippen LogP contribution in [-0.4, -0.2) is 0 Å². The van der Waals surface area contributed by atoms with Gasteiger partial charge in [0.2, 0.25) is 0 Å². The molecule has 0 bridgehead atoms. The third-order valence-corrected chi connectivity index (χ3v) is 14.6. The van der Waals surface area contributed by atoms with Crippen LogP contribution in [0.3, 0.4) is 0 Å². The molecule has 0 fully saturated rings. The molecule has 0 saturated heterocycles. The molecule has 0 amide bonds. The molecular formula is C70H52N2. The van der Waals surface area contributed by atoms with Crippen molar-refractivity contribution < 1.29 is 0 Å². The van der Waals surface area contributed by atoms with Gasteiger partial charge in [-0.2, -0.15) is 0 Å². The smallest absolute Gasteiger partial charge is 0.0468 e. The van der Waals surface area contributed by atoms with Gasteiger partial charge in [-0.15, -0.1) is 0 Å². The number of hydrogen-bond donors (Lipinski definition) is 0. The van der Waals surface area contributed by atoms with Crippen LogP contribution < -0.4 is 9.80 Å². The van der Waals surface area contributed by atoms with E-state index < -0.39 is 0 Å². The lowest BCUT2D eigenvalue weighted by Crippen LogP contribution is -2.09. The lowest BCUT2D eigenvalue weighted by molar-refractivity contribution is 1.29. The maximum Gasteiger partial charge on any atom is 0.0468 e. The summed E-state index contributed by atoms with van der Waals surface area (Å²) in [4.78, 5) is 4.75. The molecule has 2 nitrogen and oxygen atoms in total. The standard InChI is InChI=1S/C70H52N2/c1-45-33-46(2)36-51(35-45)49-25-29-59-63(39-49)69-43-68-62-32-28-58(72(55-21-13-7-14-22-55)56-23-15-8-16-24-56)42-66(62)60-30-26-50(52-37-47(3)34-48(4)38-52)40-64(60)70(68)44-67(69)61-31-27-57(41-65(59)61)71(53-17-9-5-10-18-53)54-19-11-6-12-20-54/h5-44H,1-4H3. The van der Waals surface area contributed by atoms with Crippen LogP contribution >= 0.6 is 0 Å². The summed E-state index contributed by atoms with van der Waals surface area (Å²) >= 11 is 0. The lowest BCUT2D eigenvalue weighted by atomic mass is 9.86. The fraction of sp³-hybridized carbons (Fsp3) is 0.0571. The molecule has 0 aliphatic heterocycles. The van der Waals surface area contributed by atoms with Crippen LogP contribution in [-0.2, 0) is 0 Å². The van der Waals surface area contributed by atoms with E-state index in [1.54, 1.807) is 0 Å². The number of anilines is 6. The van der Waals surface area contributed by atoms with E-state index >= 15 is 0 Å². The minimum absolute atomic E-state index is 1.12. The molecule has 0 aliphatic carbocycles. The summed E-state index contributed by atoms with van der Waals surface area (Å²) in [7, 11) is 0. The van der Waals surface area contributed by atoms with Crippen molar-refractivity contribution in [3.05, 3.63) is 265 Å². The molecule has 0 aliphatic rings. The zero-order valence-corrected chi connectivity index (χ0v) is 41.0. The molecule has 2 heteroatoms. The second kappa shape index (κ2) is 17.5. The fourth-order valence-corrected chi connectivity index (χ4v) is 11.6. The average molecular weight is 921 g/mol. The normalized spacial score (nSPS) is 11.6. The van der Waals surface area contributed by atoms with Gasteiger partial charge in [0.15, 0.2) is 0 Å². The topological polar surface area (TPSA) is 6.48 Å². The molecule has 72 heavy (non-hydrogen) atoms. The van der Waals surface area contributed by atoms with E-state index in [-0.39, 0.29) is 0 Å². The van der Waals surface area contributed by atoms with E-state index in [2.05, 4.69) is 280 Å². The Balaban J connectivity index is 1.14. The van der Waals surface area contributed by atoms with Crippen LogP contribution in [0.15, 0.2) is 243 Å². The quantitative estimate of drug-likeness (QED) is 0.111. The second-order valence-corrected chi connectivity index (χ2v) is 19.7. The van der Waals surface area contributed by atoms with E-state index in [0.717, 1.165) is 34.1 Å². The van der Waals surface area contributed by atoms with Crippen LogP contribution in [0.1, 0.15) is 22.3 Å². The highest BCUT2D eigenvalue weighted by Crippen LogP contribution is 2.47. The third-order valence-electron chi connectivity index (χ3n) is 14.6. The first kappa shape index (κ1) is 43.1. The largest absolute Gasteiger partial charge is 0.310 e. The molecule has 0 spiro atoms. The van der Waals surface area contributed by atoms with E-state index in [0.29, 0.717) is 0 Å². The third kappa shape index (κ3) is 7.52. The predicted molar refractivity (Wildman–Crippen MR) is 311 cm³/mol. The minimum atomic E-state index is 1.12. The molecule has 0 atom stereocenters. The Morgan fingerprint density at radius 2 is 0.444 bits per heavy atom. The monoisotopic (exact) mass is 920 g/mol. The summed E-state index contributed by atoms with van der Waals surface area (Å²) in [6.07, 6.45) is 0. The van der Waals surface area contributed by atoms with Crippen molar-refractivity contribution in [1.82, 2.24) is 0 Å². The van der Waals surface area contributed by atoms with E-state index in [1.165, 1.54) is 109 Å². The van der Waals surface area contributed by atoms with Crippen molar-refractivity contribution in [3.8, 4) is 22.3 Å². The molecule has 0 unspecified atom stereocenters. The second-order valence-electron chi connectivity index (χ2n) is 19.7. The molecule has 13 aromatic carbocycles. The number of para-hydroxylation sites is 4. The molecule has 0 heterocycles. The maximum atomic E-state index is 2.52. The zero-order chi connectivity index (χ0) is 48.5. The van der Waals surface area contributed by atoms with Crippen LogP contribution in [0.2, 0.25) is 0 Å². The first-order valence-corrected chi connectivity index (χ1v) is 25.1. The Morgan fingerprint density at radius 1 is 0.181 bits per heavy atom. The number of aryl methyl sites for hydroxylation is 4. The number of nitrogens with zero attached hydrogens (tertiary/aromatic N) is 2. The Morgan fingerprint density at radius 3 is 0.764 bits per heavy atom. The number of hydrogen-bond acceptors (Lipinski definition) is 2. The summed E-state index contributed by atoms with van der Waals surface area (Å²) in [5.74, 6) is 0. The molecule has 0 radical (unpaired) electrons. The van der Waals surface area contributed by atoms with Crippen molar-refractivity contribution in [1.29, 1.82) is 0 Å². The highest BCUT2D eigenvalue weighted by molar-refractivity contribution is 6.33. The van der Waals surface area contributed by atoms with Gasteiger partial charge in [-0.1, -0.05) is 168 Å². The molecule has 342 valence electrons. The Hall–Kier alpha value is -8.98. The molecule has 0 saturated carbocycles. The molecule has 13 aromatic rings. The first-order valence-electron chi connectivity index (χ1n) is 25.1. The predicted octanol–water partition coefficient (Wildman–Crippen LogP) is 20.1. The summed E-state index contributed by atoms with van der Waals surface area (Å²) in [5, 5.41) is 14.9. The number of rotatable bonds is 8. The van der Waals surface area contributed by atoms with Crippen LogP contribution in [0, 0.1) is 27.7 Å². The van der Waals surface area contributed by atoms with Crippen molar-refractivity contribution in [2.75, 3.05) is 9.80 Å². The van der Waals surface area contributed by atoms with Gasteiger partial charge in [0.25, 0.3) is 0 Å². The summed E-state index contributed by atoms with van der Waals surface area (Å²) in [5.41, 5.74) is 16.7. The maximum absolute atomic E-state index is 2.52. The van der Waals surface area contributed by atoms with Gasteiger partial charge in [-0.3, -0.25) is 0 Å². The van der Waals surface area contributed by atoms with Crippen LogP contribution in [0.25, 0.3) is 86.9 Å². The van der Waals surface area contributed by atoms with Crippen molar-refractivity contribution in [2.24, 2.45) is 0 Å². The van der Waals surface area contributed by atoms with Gasteiger partial charge < -0.3 is 9.80 Å². The molecular weight excluding hydrogens is 869 g/mol. The Labute approximate surface area is 421 Å². The summed E-state index contributed by atoms with van der Waals surface area (Å²) < 4.78 is 0. The molecule has 13 rings (SSSR count). The lowest BCUT2D eigenvalue weighted by Gasteiger charge is -2.26. The SMILES string of the molecule is Cc1cc(C)cc(-c2ccc3c(c2)c2cc4c5ccc(N(c6ccccc6)c6ccccc6)cc5c5ccc(-c6cc(C)cc(C)c6)cc5c4cc2c2ccc(N(c4ccccc4)c4ccccc4)cc32)c1. The Bertz CT molecular complexity index is 3840. The zero-order valence-electron chi connectivity index (χ0n) is 41.0. The minimum Gasteiger partial charge on any atom is -0.310 e. The van der Waals surface area contributed by atoms with Crippen LogP contribution in [0.5, 0.6) is 0 Å². The van der Waals surface area contributed by atoms with Gasteiger partial charge in [0.1, 0.15) is 0 Å². The van der Waals surface area contributed by atoms with Crippen molar-refractivity contribution >= 4 is 98.8 Å². The highest BCUT2D eigenvalue weighted by Gasteiger charge is 2.20. The molecule has 0 aromatic heterocycles. The van der Waals surface area contributed by atoms with E-state index in [4.69, 9.17) is 0 Å². The van der Waals surface area contributed by atoms with Gasteiger partial charge in [-0.25, -0.2) is 0 Å². The number of fused-ring (bicyclic) bond motifs is 12. The summed E-state index contributed by atoms with van der Waals surface area (Å²) in [6, 6.07) is 90.2. The highest BCUT2D eigenvalue weighted by atomic mass is 15.1. The van der Waals surface area contributed by atoms with Gasteiger partial charge in [-0.05, 0) is 212 Å². The van der Waals surface area contributed by atoms with Crippen LogP contribution in [0.4, 0.5) is 34.1 Å². The van der Waals surface area contributed by atoms with E-state index in [9.17, 15) is 0 Å².